The Bertz CT molecular complexity index is 664. The van der Waals surface area contributed by atoms with Gasteiger partial charge in [0.25, 0.3) is 0 Å². The lowest BCUT2D eigenvalue weighted by Crippen LogP contribution is -2.30. The number of sulfonamides is 1. The summed E-state index contributed by atoms with van der Waals surface area (Å²) in [6, 6.07) is 4.13. The summed E-state index contributed by atoms with van der Waals surface area (Å²) in [5.41, 5.74) is 0.512. The van der Waals surface area contributed by atoms with E-state index in [4.69, 9.17) is 5.11 Å². The third kappa shape index (κ3) is 3.92. The molecule has 21 heavy (non-hydrogen) atoms. The second kappa shape index (κ2) is 6.41. The fourth-order valence-corrected chi connectivity index (χ4v) is 3.75. The summed E-state index contributed by atoms with van der Waals surface area (Å²) in [5, 5.41) is 8.98. The molecule has 1 atom stereocenters. The predicted octanol–water partition coefficient (Wildman–Crippen LogP) is 2.33. The van der Waals surface area contributed by atoms with Crippen LogP contribution in [0.15, 0.2) is 35.2 Å². The van der Waals surface area contributed by atoms with Gasteiger partial charge in [0.1, 0.15) is 0 Å². The van der Waals surface area contributed by atoms with E-state index in [0.717, 1.165) is 19.3 Å². The summed E-state index contributed by atoms with van der Waals surface area (Å²) in [4.78, 5) is 11.0. The zero-order valence-electron chi connectivity index (χ0n) is 11.9. The fraction of sp³-hybridized carbons (Fsp3) is 0.400. The Hall–Kier alpha value is -1.66. The highest BCUT2D eigenvalue weighted by molar-refractivity contribution is 7.89. The molecule has 6 heteroatoms. The van der Waals surface area contributed by atoms with Gasteiger partial charge in [-0.15, -0.1) is 0 Å². The van der Waals surface area contributed by atoms with Gasteiger partial charge in [-0.25, -0.2) is 17.9 Å². The van der Waals surface area contributed by atoms with Gasteiger partial charge in [-0.2, -0.15) is 0 Å². The van der Waals surface area contributed by atoms with Gasteiger partial charge >= 0.3 is 5.97 Å². The van der Waals surface area contributed by atoms with Crippen molar-refractivity contribution in [3.05, 3.63) is 41.5 Å². The number of carboxylic acids is 1. The molecular formula is C15H19NO4S. The minimum Gasteiger partial charge on any atom is -0.478 e. The number of carboxylic acid groups (broad SMARTS) is 1. The first-order valence-electron chi connectivity index (χ1n) is 6.89. The Morgan fingerprint density at radius 3 is 2.76 bits per heavy atom. The summed E-state index contributed by atoms with van der Waals surface area (Å²) < 4.78 is 27.3. The molecule has 0 aliphatic heterocycles. The molecule has 0 amide bonds. The molecule has 1 unspecified atom stereocenters. The lowest BCUT2D eigenvalue weighted by molar-refractivity contribution is 0.0696. The standard InChI is InChI=1S/C15H19NO4S/c1-11-7-8-13(15(17)18)9-14(11)21(19,20)16-10-12-5-3-2-4-6-12/h2-3,7-9,12,16H,4-6,10H2,1H3,(H,17,18). The SMILES string of the molecule is Cc1ccc(C(=O)O)cc1S(=O)(=O)NCC1CC=CCC1. The molecule has 2 rings (SSSR count). The largest absolute Gasteiger partial charge is 0.478 e. The smallest absolute Gasteiger partial charge is 0.335 e. The van der Waals surface area contributed by atoms with Crippen LogP contribution in [0.1, 0.15) is 35.2 Å². The summed E-state index contributed by atoms with van der Waals surface area (Å²) in [6.45, 7) is 2.03. The molecule has 0 fully saturated rings. The van der Waals surface area contributed by atoms with Crippen LogP contribution >= 0.6 is 0 Å². The maximum Gasteiger partial charge on any atom is 0.335 e. The molecule has 1 aliphatic rings. The first kappa shape index (κ1) is 15.7. The van der Waals surface area contributed by atoms with Crippen LogP contribution < -0.4 is 4.72 Å². The van der Waals surface area contributed by atoms with Crippen molar-refractivity contribution in [2.24, 2.45) is 5.92 Å². The molecule has 5 nitrogen and oxygen atoms in total. The van der Waals surface area contributed by atoms with Crippen LogP contribution in [-0.2, 0) is 10.0 Å². The van der Waals surface area contributed by atoms with E-state index in [1.54, 1.807) is 6.92 Å². The Morgan fingerprint density at radius 1 is 1.38 bits per heavy atom. The van der Waals surface area contributed by atoms with Crippen molar-refractivity contribution in [3.63, 3.8) is 0 Å². The minimum atomic E-state index is -3.68. The van der Waals surface area contributed by atoms with Gasteiger partial charge in [-0.1, -0.05) is 18.2 Å². The Labute approximate surface area is 124 Å². The van der Waals surface area contributed by atoms with E-state index in [0.29, 0.717) is 18.0 Å². The molecule has 1 aliphatic carbocycles. The Morgan fingerprint density at radius 2 is 2.14 bits per heavy atom. The molecule has 0 heterocycles. The molecule has 114 valence electrons. The van der Waals surface area contributed by atoms with Crippen LogP contribution in [0.2, 0.25) is 0 Å². The topological polar surface area (TPSA) is 83.5 Å². The Kier molecular flexibility index (Phi) is 4.80. The lowest BCUT2D eigenvalue weighted by Gasteiger charge is -2.18. The maximum absolute atomic E-state index is 12.3. The fourth-order valence-electron chi connectivity index (χ4n) is 2.37. The number of carbonyl (C=O) groups is 1. The maximum atomic E-state index is 12.3. The zero-order chi connectivity index (χ0) is 15.5. The minimum absolute atomic E-state index is 0.0263. The highest BCUT2D eigenvalue weighted by Gasteiger charge is 2.20. The molecule has 0 bridgehead atoms. The molecule has 0 saturated carbocycles. The van der Waals surface area contributed by atoms with Crippen LogP contribution in [-0.4, -0.2) is 26.0 Å². The van der Waals surface area contributed by atoms with Crippen LogP contribution in [0.3, 0.4) is 0 Å². The van der Waals surface area contributed by atoms with Crippen molar-refractivity contribution in [3.8, 4) is 0 Å². The normalized spacial score (nSPS) is 18.6. The number of aromatic carboxylic acids is 1. The van der Waals surface area contributed by atoms with E-state index in [1.807, 2.05) is 0 Å². The van der Waals surface area contributed by atoms with Gasteiger partial charge in [-0.05, 0) is 49.8 Å². The number of benzene rings is 1. The molecule has 0 saturated heterocycles. The zero-order valence-corrected chi connectivity index (χ0v) is 12.7. The monoisotopic (exact) mass is 309 g/mol. The number of hydrogen-bond donors (Lipinski definition) is 2. The average Bonchev–Trinajstić information content (AvgIpc) is 2.46. The van der Waals surface area contributed by atoms with Crippen LogP contribution in [0, 0.1) is 12.8 Å². The predicted molar refractivity (Wildman–Crippen MR) is 79.8 cm³/mol. The molecule has 1 aromatic carbocycles. The molecular weight excluding hydrogens is 290 g/mol. The van der Waals surface area contributed by atoms with E-state index in [9.17, 15) is 13.2 Å². The van der Waals surface area contributed by atoms with Crippen LogP contribution in [0.5, 0.6) is 0 Å². The van der Waals surface area contributed by atoms with Crippen LogP contribution in [0.25, 0.3) is 0 Å². The second-order valence-corrected chi connectivity index (χ2v) is 7.02. The van der Waals surface area contributed by atoms with Crippen molar-refractivity contribution in [1.29, 1.82) is 0 Å². The second-order valence-electron chi connectivity index (χ2n) is 5.29. The van der Waals surface area contributed by atoms with Gasteiger partial charge in [0, 0.05) is 6.54 Å². The van der Waals surface area contributed by atoms with E-state index in [1.165, 1.54) is 18.2 Å². The summed E-state index contributed by atoms with van der Waals surface area (Å²) in [6.07, 6.45) is 6.98. The van der Waals surface area contributed by atoms with Gasteiger partial charge in [0.05, 0.1) is 10.5 Å². The molecule has 0 radical (unpaired) electrons. The molecule has 0 aromatic heterocycles. The van der Waals surface area contributed by atoms with E-state index in [-0.39, 0.29) is 10.5 Å². The van der Waals surface area contributed by atoms with Crippen LogP contribution in [0.4, 0.5) is 0 Å². The Balaban J connectivity index is 2.16. The van der Waals surface area contributed by atoms with Gasteiger partial charge < -0.3 is 5.11 Å². The van der Waals surface area contributed by atoms with Crippen molar-refractivity contribution in [2.75, 3.05) is 6.54 Å². The summed E-state index contributed by atoms with van der Waals surface area (Å²) in [7, 11) is -3.68. The number of aryl methyl sites for hydroxylation is 1. The number of rotatable bonds is 5. The molecule has 1 aromatic rings. The van der Waals surface area contributed by atoms with Crippen molar-refractivity contribution in [2.45, 2.75) is 31.1 Å². The highest BCUT2D eigenvalue weighted by Crippen LogP contribution is 2.20. The van der Waals surface area contributed by atoms with Crippen molar-refractivity contribution >= 4 is 16.0 Å². The van der Waals surface area contributed by atoms with Gasteiger partial charge in [0.2, 0.25) is 10.0 Å². The summed E-state index contributed by atoms with van der Waals surface area (Å²) in [5.74, 6) is -0.836. The molecule has 0 spiro atoms. The van der Waals surface area contributed by atoms with Gasteiger partial charge in [0.15, 0.2) is 0 Å². The van der Waals surface area contributed by atoms with E-state index >= 15 is 0 Å². The first-order chi connectivity index (χ1) is 9.90. The van der Waals surface area contributed by atoms with Crippen molar-refractivity contribution in [1.82, 2.24) is 4.72 Å². The van der Waals surface area contributed by atoms with Crippen molar-refractivity contribution < 1.29 is 18.3 Å². The summed E-state index contributed by atoms with van der Waals surface area (Å²) >= 11 is 0. The third-order valence-corrected chi connectivity index (χ3v) is 5.23. The molecule has 2 N–H and O–H groups in total. The lowest BCUT2D eigenvalue weighted by atomic mass is 9.95. The average molecular weight is 309 g/mol. The number of hydrogen-bond acceptors (Lipinski definition) is 3. The van der Waals surface area contributed by atoms with E-state index in [2.05, 4.69) is 16.9 Å². The highest BCUT2D eigenvalue weighted by atomic mass is 32.2. The number of allylic oxidation sites excluding steroid dienone is 2. The van der Waals surface area contributed by atoms with E-state index < -0.39 is 16.0 Å². The third-order valence-electron chi connectivity index (χ3n) is 3.66. The van der Waals surface area contributed by atoms with Gasteiger partial charge in [-0.3, -0.25) is 0 Å². The quantitative estimate of drug-likeness (QED) is 0.818. The first-order valence-corrected chi connectivity index (χ1v) is 8.37. The number of nitrogens with one attached hydrogen (secondary N) is 1.